The Morgan fingerprint density at radius 3 is 2.21 bits per heavy atom. The highest BCUT2D eigenvalue weighted by Gasteiger charge is 2.52. The largest absolute Gasteiger partial charge is 0.524 e. The maximum atomic E-state index is 14.4. The van der Waals surface area contributed by atoms with Crippen molar-refractivity contribution in [2.75, 3.05) is 120 Å². The predicted molar refractivity (Wildman–Crippen MR) is 456 cm³/mol. The summed E-state index contributed by atoms with van der Waals surface area (Å²) < 4.78 is 41.3. The van der Waals surface area contributed by atoms with Crippen molar-refractivity contribution < 1.29 is 81.1 Å². The first-order valence-corrected chi connectivity index (χ1v) is 44.4. The SMILES string of the molecule is Cc1ncsc1-c1ccc([C@H](C)NC(=O)[C@@H]2C[C@@H](O)CN2C(=O)[C@@H](c2cc(OCCN3CCN(CCOc4cc(N5C6CCC5CN(c5cc(-c7ccccc7OP(=O)(O)O)nnc5NC(=O)OCc5ccc(NC(=O)[C@H](CCCCN(C)C)NC(=O)C7(C(=O)NCCCCCN8C(=O)C=CC8=O)CCC7)cc5)C6)ccn4)[C@H](C)C3)no2)C(C)C)cc1. The third-order valence-corrected chi connectivity index (χ3v) is 25.0. The number of aryl methyl sites for hydroxylation is 1. The van der Waals surface area contributed by atoms with E-state index >= 15 is 0 Å². The lowest BCUT2D eigenvalue weighted by molar-refractivity contribution is -0.151. The first-order valence-electron chi connectivity index (χ1n) is 41.9. The molecule has 7 aromatic rings. The van der Waals surface area contributed by atoms with Gasteiger partial charge in [-0.05, 0) is 170 Å². The Labute approximate surface area is 713 Å². The number of piperazine rings is 2. The number of β-amino-alcohol motifs (C(OH)–C–C–N with tert-alkyl or cyclic N) is 1. The lowest BCUT2D eigenvalue weighted by atomic mass is 9.67. The molecule has 652 valence electrons. The molecule has 4 saturated heterocycles. The van der Waals surface area contributed by atoms with E-state index in [9.17, 15) is 57.8 Å². The third kappa shape index (κ3) is 22.4. The highest BCUT2D eigenvalue weighted by molar-refractivity contribution is 7.46. The average molecular weight is 1720 g/mol. The molecule has 6 aliphatic rings. The van der Waals surface area contributed by atoms with E-state index in [1.54, 1.807) is 72.1 Å². The fourth-order valence-electron chi connectivity index (χ4n) is 16.9. The predicted octanol–water partition coefficient (Wildman–Crippen LogP) is 8.62. The Kier molecular flexibility index (Phi) is 29.5. The molecule has 0 radical (unpaired) electrons. The highest BCUT2D eigenvalue weighted by atomic mass is 32.1. The molecule has 9 heterocycles. The van der Waals surface area contributed by atoms with E-state index in [4.69, 9.17) is 23.3 Å². The molecule has 34 nitrogen and oxygen atoms in total. The van der Waals surface area contributed by atoms with Crippen LogP contribution in [0.3, 0.4) is 0 Å². The molecule has 1 aliphatic carbocycles. The molecule has 0 spiro atoms. The number of anilines is 4. The first-order chi connectivity index (χ1) is 58.6. The molecule has 1 saturated carbocycles. The van der Waals surface area contributed by atoms with Crippen LogP contribution in [-0.2, 0) is 49.5 Å². The number of fused-ring (bicyclic) bond motifs is 2. The zero-order chi connectivity index (χ0) is 86.4. The number of aromatic nitrogens is 5. The number of unbranched alkanes of at least 4 members (excludes halogenated alkanes) is 3. The van der Waals surface area contributed by atoms with E-state index < -0.39 is 61.2 Å². The summed E-state index contributed by atoms with van der Waals surface area (Å²) in [5.41, 5.74) is 6.28. The molecule has 36 heteroatoms. The third-order valence-electron chi connectivity index (χ3n) is 23.6. The van der Waals surface area contributed by atoms with Gasteiger partial charge in [0.2, 0.25) is 35.4 Å². The Balaban J connectivity index is 0.574. The van der Waals surface area contributed by atoms with Crippen LogP contribution in [0.2, 0.25) is 0 Å². The number of hydrogen-bond acceptors (Lipinski definition) is 26. The number of carbonyl (C=O) groups is 8. The van der Waals surface area contributed by atoms with Crippen molar-refractivity contribution >= 4 is 89.5 Å². The molecule has 13 rings (SSSR count). The van der Waals surface area contributed by atoms with Crippen LogP contribution in [0, 0.1) is 18.3 Å². The number of likely N-dealkylation sites (tertiary alicyclic amines) is 1. The molecule has 2 unspecified atom stereocenters. The van der Waals surface area contributed by atoms with Gasteiger partial charge in [0.1, 0.15) is 49.0 Å². The summed E-state index contributed by atoms with van der Waals surface area (Å²) >= 11 is 1.57. The summed E-state index contributed by atoms with van der Waals surface area (Å²) in [6.45, 7) is 16.4. The van der Waals surface area contributed by atoms with Crippen molar-refractivity contribution in [3.8, 4) is 39.2 Å². The number of carbonyl (C=O) groups excluding carboxylic acids is 8. The standard InChI is InChI=1S/C86H110N17O17PS/c1-54(2)77(82(109)102-51-65(104)45-70(102)81(108)90-56(4)59-21-23-60(24-22-59)78-57(5)89-53-122-78)72-47-74(96-119-72)117-42-40-98-38-39-99(55(3)48-98)41-43-116-73-44-62(31-35-87-73)103-63-27-28-64(103)50-100(49-63)69-46-68(66-16-9-10-18-71(66)120-121(113,114)115)94-95-79(69)93-85(112)118-52-58-19-25-61(26-20-58)91-80(107)67(17-11-14-36-97(6)7)92-84(111)86(32-15-33-86)83(110)88-34-12-8-13-37-101-75(105)29-30-76(101)106/h9-10,16,18-26,29-31,35,44,46-47,53-56,63-65,67,70,77,104H,8,11-15,17,27-28,32-34,36-43,45,48-52H2,1-7H3,(H,88,110)(H,90,108)(H,91,107)(H,92,111)(H,93,95,112)(H2,113,114,115)/t55-,56+,63?,64?,65-,67+,70+,77-/m1/s1. The van der Waals surface area contributed by atoms with E-state index in [-0.39, 0.29) is 109 Å². The van der Waals surface area contributed by atoms with Crippen LogP contribution in [0.25, 0.3) is 21.7 Å². The second kappa shape index (κ2) is 40.5. The second-order valence-electron chi connectivity index (χ2n) is 32.9. The average Bonchev–Trinajstić information content (AvgIpc) is 1.80. The number of phosphoric acid groups is 1. The number of thiazole rings is 1. The Morgan fingerprint density at radius 1 is 0.779 bits per heavy atom. The number of para-hydroxylation sites is 1. The molecule has 5 fully saturated rings. The molecular weight excluding hydrogens is 1610 g/mol. The van der Waals surface area contributed by atoms with E-state index in [0.717, 1.165) is 72.8 Å². The monoisotopic (exact) mass is 1720 g/mol. The maximum Gasteiger partial charge on any atom is 0.524 e. The summed E-state index contributed by atoms with van der Waals surface area (Å²) in [6, 6.07) is 26.2. The van der Waals surface area contributed by atoms with Gasteiger partial charge < -0.3 is 69.2 Å². The maximum absolute atomic E-state index is 14.4. The quantitative estimate of drug-likeness (QED) is 0.00773. The van der Waals surface area contributed by atoms with Crippen molar-refractivity contribution in [3.05, 3.63) is 144 Å². The summed E-state index contributed by atoms with van der Waals surface area (Å²) in [4.78, 5) is 152. The Hall–Kier alpha value is -10.8. The summed E-state index contributed by atoms with van der Waals surface area (Å²) in [5, 5.41) is 38.6. The van der Waals surface area contributed by atoms with E-state index in [1.807, 2.05) is 88.6 Å². The van der Waals surface area contributed by atoms with Gasteiger partial charge >= 0.3 is 13.9 Å². The molecule has 122 heavy (non-hydrogen) atoms. The van der Waals surface area contributed by atoms with Crippen LogP contribution < -0.4 is 50.4 Å². The molecular formula is C86H110N17O17PS. The van der Waals surface area contributed by atoms with Crippen LogP contribution in [0.15, 0.2) is 125 Å². The molecule has 5 aliphatic heterocycles. The molecule has 3 aromatic carbocycles. The second-order valence-corrected chi connectivity index (χ2v) is 34.9. The Bertz CT molecular complexity index is 4900. The fourth-order valence-corrected chi connectivity index (χ4v) is 18.1. The van der Waals surface area contributed by atoms with Gasteiger partial charge in [0.05, 0.1) is 39.6 Å². The van der Waals surface area contributed by atoms with Gasteiger partial charge in [-0.25, -0.2) is 19.3 Å². The molecule has 8 amide bonds. The van der Waals surface area contributed by atoms with E-state index in [2.05, 4.69) is 78.4 Å². The van der Waals surface area contributed by atoms with Crippen LogP contribution in [0.4, 0.5) is 27.7 Å². The molecule has 8 atom stereocenters. The lowest BCUT2D eigenvalue weighted by Gasteiger charge is -2.43. The van der Waals surface area contributed by atoms with Crippen molar-refractivity contribution in [3.63, 3.8) is 0 Å². The number of nitrogens with one attached hydrogen (secondary N) is 5. The zero-order valence-electron chi connectivity index (χ0n) is 69.9. The topological polar surface area (TPSA) is 412 Å². The van der Waals surface area contributed by atoms with Gasteiger partial charge in [-0.1, -0.05) is 68.8 Å². The minimum Gasteiger partial charge on any atom is -0.476 e. The van der Waals surface area contributed by atoms with Gasteiger partial charge in [0.15, 0.2) is 11.6 Å². The molecule has 2 bridgehead atoms. The number of imide groups is 1. The van der Waals surface area contributed by atoms with Crippen molar-refractivity contribution in [2.45, 2.75) is 167 Å². The minimum absolute atomic E-state index is 0.0117. The number of benzene rings is 3. The van der Waals surface area contributed by atoms with Gasteiger partial charge in [0.25, 0.3) is 17.7 Å². The summed E-state index contributed by atoms with van der Waals surface area (Å²) in [5.74, 6) is -2.74. The minimum atomic E-state index is -5.01. The number of nitrogens with zero attached hydrogens (tertiary/aromatic N) is 12. The lowest BCUT2D eigenvalue weighted by Crippen LogP contribution is -2.58. The molecule has 4 aromatic heterocycles. The number of aliphatic hydroxyl groups excluding tert-OH is 1. The van der Waals surface area contributed by atoms with E-state index in [1.165, 1.54) is 28.0 Å². The number of pyridine rings is 1. The van der Waals surface area contributed by atoms with Crippen molar-refractivity contribution in [2.24, 2.45) is 11.3 Å². The number of amides is 8. The van der Waals surface area contributed by atoms with Gasteiger partial charge in [-0.15, -0.1) is 21.5 Å². The molecule has 8 N–H and O–H groups in total. The van der Waals surface area contributed by atoms with E-state index in [0.29, 0.717) is 126 Å². The normalized spacial score (nSPS) is 19.8. The van der Waals surface area contributed by atoms with Crippen LogP contribution >= 0.6 is 19.2 Å². The fraction of sp³-hybridized carbons (Fsp3) is 0.500. The first kappa shape index (κ1) is 89.0. The highest BCUT2D eigenvalue weighted by Crippen LogP contribution is 2.46. The number of hydrogen-bond donors (Lipinski definition) is 8. The van der Waals surface area contributed by atoms with Crippen molar-refractivity contribution in [1.29, 1.82) is 0 Å². The van der Waals surface area contributed by atoms with Crippen molar-refractivity contribution in [1.82, 2.24) is 65.8 Å². The summed E-state index contributed by atoms with van der Waals surface area (Å²) in [7, 11) is -1.10. The van der Waals surface area contributed by atoms with Gasteiger partial charge in [-0.2, -0.15) is 0 Å². The number of rotatable bonds is 39. The van der Waals surface area contributed by atoms with Gasteiger partial charge in [0, 0.05) is 137 Å². The Morgan fingerprint density at radius 2 is 1.52 bits per heavy atom. The van der Waals surface area contributed by atoms with Crippen LogP contribution in [0.1, 0.15) is 139 Å². The van der Waals surface area contributed by atoms with Crippen LogP contribution in [-0.4, -0.2) is 248 Å². The number of aliphatic hydroxyl groups is 1. The zero-order valence-corrected chi connectivity index (χ0v) is 71.6. The number of phosphoric ester groups is 1. The number of ether oxygens (including phenoxy) is 3. The van der Waals surface area contributed by atoms with Crippen LogP contribution in [0.5, 0.6) is 17.5 Å². The summed E-state index contributed by atoms with van der Waals surface area (Å²) in [6.07, 6.45) is 9.14. The van der Waals surface area contributed by atoms with Gasteiger partial charge in [-0.3, -0.25) is 63.4 Å². The smallest absolute Gasteiger partial charge is 0.476 e.